The molecule has 4 heteroatoms. The lowest BCUT2D eigenvalue weighted by molar-refractivity contribution is 0.468. The molecule has 0 aliphatic carbocycles. The Morgan fingerprint density at radius 1 is 1.38 bits per heavy atom. The van der Waals surface area contributed by atoms with Crippen LogP contribution in [0.4, 0.5) is 0 Å². The molecule has 0 radical (unpaired) electrons. The number of hydrogen-bond donors (Lipinski definition) is 1. The van der Waals surface area contributed by atoms with E-state index < -0.39 is 7.12 Å². The van der Waals surface area contributed by atoms with E-state index in [1.165, 1.54) is 12.0 Å². The topological polar surface area (TPSA) is 29.5 Å². The Kier molecular flexibility index (Phi) is 4.97. The Bertz CT molecular complexity index is 230. The van der Waals surface area contributed by atoms with Crippen LogP contribution in [0.1, 0.15) is 13.3 Å². The van der Waals surface area contributed by atoms with Gasteiger partial charge in [0, 0.05) is 5.75 Å². The van der Waals surface area contributed by atoms with Crippen LogP contribution in [0.15, 0.2) is 30.3 Å². The molecule has 1 aromatic carbocycles. The Morgan fingerprint density at radius 3 is 2.69 bits per heavy atom. The van der Waals surface area contributed by atoms with Gasteiger partial charge in [-0.15, -0.1) is 0 Å². The van der Waals surface area contributed by atoms with E-state index in [4.69, 9.17) is 4.10 Å². The fourth-order valence-electron chi connectivity index (χ4n) is 0.869. The molecule has 0 saturated heterocycles. The third-order valence-electron chi connectivity index (χ3n) is 1.53. The van der Waals surface area contributed by atoms with E-state index in [1.54, 1.807) is 0 Å². The Morgan fingerprint density at radius 2 is 2.08 bits per heavy atom. The second-order valence-corrected chi connectivity index (χ2v) is 3.52. The summed E-state index contributed by atoms with van der Waals surface area (Å²) in [5, 5.41) is 9.50. The van der Waals surface area contributed by atoms with Crippen molar-refractivity contribution in [2.24, 2.45) is 0 Å². The van der Waals surface area contributed by atoms with E-state index in [0.717, 1.165) is 17.6 Å². The second kappa shape index (κ2) is 6.08. The minimum Gasteiger partial charge on any atom is -0.423 e. The Balaban J connectivity index is 2.35. The van der Waals surface area contributed by atoms with E-state index in [9.17, 15) is 5.02 Å². The SMILES string of the molecule is CCCSOB(O)c1ccccc1. The fraction of sp³-hybridized carbons (Fsp3) is 0.333. The van der Waals surface area contributed by atoms with Gasteiger partial charge in [0.25, 0.3) is 0 Å². The summed E-state index contributed by atoms with van der Waals surface area (Å²) in [4.78, 5) is 0. The van der Waals surface area contributed by atoms with Gasteiger partial charge in [-0.1, -0.05) is 37.3 Å². The van der Waals surface area contributed by atoms with Crippen molar-refractivity contribution in [3.05, 3.63) is 30.3 Å². The van der Waals surface area contributed by atoms with Gasteiger partial charge >= 0.3 is 7.12 Å². The predicted molar refractivity (Wildman–Crippen MR) is 57.9 cm³/mol. The van der Waals surface area contributed by atoms with Crippen molar-refractivity contribution in [1.82, 2.24) is 0 Å². The zero-order valence-corrected chi connectivity index (χ0v) is 8.46. The highest BCUT2D eigenvalue weighted by Crippen LogP contribution is 2.05. The van der Waals surface area contributed by atoms with Crippen LogP contribution in [0.5, 0.6) is 0 Å². The molecule has 1 rings (SSSR count). The minimum atomic E-state index is -0.808. The van der Waals surface area contributed by atoms with Crippen LogP contribution in [0.3, 0.4) is 0 Å². The highest BCUT2D eigenvalue weighted by molar-refractivity contribution is 7.95. The summed E-state index contributed by atoms with van der Waals surface area (Å²) in [6, 6.07) is 9.36. The van der Waals surface area contributed by atoms with E-state index in [1.807, 2.05) is 30.3 Å². The van der Waals surface area contributed by atoms with Crippen molar-refractivity contribution in [2.75, 3.05) is 5.75 Å². The highest BCUT2D eigenvalue weighted by Gasteiger charge is 2.15. The maximum atomic E-state index is 9.50. The largest absolute Gasteiger partial charge is 0.502 e. The maximum Gasteiger partial charge on any atom is 0.502 e. The Hall–Kier alpha value is -0.445. The maximum absolute atomic E-state index is 9.50. The van der Waals surface area contributed by atoms with Crippen molar-refractivity contribution >= 4 is 24.6 Å². The minimum absolute atomic E-state index is 0.797. The molecule has 0 aliphatic heterocycles. The zero-order chi connectivity index (χ0) is 9.52. The molecule has 0 unspecified atom stereocenters. The van der Waals surface area contributed by atoms with Crippen LogP contribution in [0.25, 0.3) is 0 Å². The molecule has 0 spiro atoms. The van der Waals surface area contributed by atoms with Gasteiger partial charge in [0.05, 0.1) is 0 Å². The van der Waals surface area contributed by atoms with Crippen molar-refractivity contribution in [1.29, 1.82) is 0 Å². The first-order valence-electron chi connectivity index (χ1n) is 4.36. The van der Waals surface area contributed by atoms with E-state index in [2.05, 4.69) is 6.92 Å². The van der Waals surface area contributed by atoms with E-state index >= 15 is 0 Å². The van der Waals surface area contributed by atoms with Crippen molar-refractivity contribution < 1.29 is 9.12 Å². The molecule has 2 nitrogen and oxygen atoms in total. The quantitative estimate of drug-likeness (QED) is 0.439. The van der Waals surface area contributed by atoms with Gasteiger partial charge < -0.3 is 9.12 Å². The molecule has 0 aliphatic rings. The molecule has 70 valence electrons. The molecule has 0 bridgehead atoms. The molecule has 0 saturated carbocycles. The van der Waals surface area contributed by atoms with Gasteiger partial charge in [-0.3, -0.25) is 0 Å². The van der Waals surface area contributed by atoms with E-state index in [-0.39, 0.29) is 0 Å². The van der Waals surface area contributed by atoms with Crippen molar-refractivity contribution in [2.45, 2.75) is 13.3 Å². The standard InChI is InChI=1S/C9H13BO2S/c1-2-8-13-12-10(11)9-6-4-3-5-7-9/h3-7,11H,2,8H2,1H3. The molecule has 1 N–H and O–H groups in total. The van der Waals surface area contributed by atoms with Gasteiger partial charge in [-0.2, -0.15) is 0 Å². The first-order chi connectivity index (χ1) is 6.34. The second-order valence-electron chi connectivity index (χ2n) is 2.68. The Labute approximate surface area is 83.7 Å². The molecule has 1 aromatic rings. The van der Waals surface area contributed by atoms with Crippen molar-refractivity contribution in [3.63, 3.8) is 0 Å². The highest BCUT2D eigenvalue weighted by atomic mass is 32.2. The zero-order valence-electron chi connectivity index (χ0n) is 7.64. The van der Waals surface area contributed by atoms with Crippen LogP contribution < -0.4 is 5.46 Å². The van der Waals surface area contributed by atoms with Crippen LogP contribution >= 0.6 is 12.0 Å². The summed E-state index contributed by atoms with van der Waals surface area (Å²) in [5.41, 5.74) is 0.797. The monoisotopic (exact) mass is 196 g/mol. The summed E-state index contributed by atoms with van der Waals surface area (Å²) in [7, 11) is -0.808. The van der Waals surface area contributed by atoms with Crippen LogP contribution in [-0.4, -0.2) is 17.9 Å². The normalized spacial score (nSPS) is 10.0. The number of rotatable bonds is 5. The molecule has 0 fully saturated rings. The molecular formula is C9H13BO2S. The summed E-state index contributed by atoms with van der Waals surface area (Å²) < 4.78 is 5.14. The van der Waals surface area contributed by atoms with Gasteiger partial charge in [-0.05, 0) is 23.9 Å². The molecule has 0 amide bonds. The number of benzene rings is 1. The predicted octanol–water partition coefficient (Wildman–Crippen LogP) is 1.45. The molecule has 0 aromatic heterocycles. The van der Waals surface area contributed by atoms with Crippen LogP contribution in [-0.2, 0) is 4.10 Å². The lowest BCUT2D eigenvalue weighted by Crippen LogP contribution is -2.31. The summed E-state index contributed by atoms with van der Waals surface area (Å²) >= 11 is 1.31. The van der Waals surface area contributed by atoms with Gasteiger partial charge in [0.15, 0.2) is 0 Å². The average Bonchev–Trinajstić information content (AvgIpc) is 2.19. The summed E-state index contributed by atoms with van der Waals surface area (Å²) in [6.45, 7) is 2.07. The van der Waals surface area contributed by atoms with Gasteiger partial charge in [0.2, 0.25) is 0 Å². The smallest absolute Gasteiger partial charge is 0.423 e. The van der Waals surface area contributed by atoms with Crippen molar-refractivity contribution in [3.8, 4) is 0 Å². The lowest BCUT2D eigenvalue weighted by atomic mass is 9.80. The van der Waals surface area contributed by atoms with Crippen LogP contribution in [0, 0.1) is 0 Å². The van der Waals surface area contributed by atoms with E-state index in [0.29, 0.717) is 0 Å². The fourth-order valence-corrected chi connectivity index (χ4v) is 1.37. The molecule has 0 atom stereocenters. The van der Waals surface area contributed by atoms with Gasteiger partial charge in [0.1, 0.15) is 0 Å². The third kappa shape index (κ3) is 3.85. The lowest BCUT2D eigenvalue weighted by Gasteiger charge is -2.05. The first kappa shape index (κ1) is 10.6. The average molecular weight is 196 g/mol. The number of hydrogen-bond acceptors (Lipinski definition) is 3. The van der Waals surface area contributed by atoms with Crippen LogP contribution in [0.2, 0.25) is 0 Å². The summed E-state index contributed by atoms with van der Waals surface area (Å²) in [5.74, 6) is 0.907. The van der Waals surface area contributed by atoms with Gasteiger partial charge in [-0.25, -0.2) is 0 Å². The third-order valence-corrected chi connectivity index (χ3v) is 2.42. The molecule has 0 heterocycles. The summed E-state index contributed by atoms with van der Waals surface area (Å²) in [6.07, 6.45) is 1.05. The molecular weight excluding hydrogens is 183 g/mol. The first-order valence-corrected chi connectivity index (χ1v) is 5.27. The molecule has 13 heavy (non-hydrogen) atoms.